The highest BCUT2D eigenvalue weighted by molar-refractivity contribution is 6.35. The molecule has 4 aromatic rings. The fraction of sp³-hybridized carbons (Fsp3) is 0.400. The lowest BCUT2D eigenvalue weighted by atomic mass is 10.2. The summed E-state index contributed by atoms with van der Waals surface area (Å²) in [6, 6.07) is 5.93. The first-order chi connectivity index (χ1) is 14.2. The number of hydrogen-bond donors (Lipinski definition) is 0. The molecule has 2 aliphatic rings. The van der Waals surface area contributed by atoms with E-state index < -0.39 is 0 Å². The normalized spacial score (nSPS) is 18.2. The third-order valence-corrected chi connectivity index (χ3v) is 6.12. The Labute approximate surface area is 172 Å². The summed E-state index contributed by atoms with van der Waals surface area (Å²) in [6.07, 6.45) is 3.98. The maximum atomic E-state index is 6.62. The Morgan fingerprint density at radius 3 is 2.72 bits per heavy atom. The fourth-order valence-corrected chi connectivity index (χ4v) is 4.23. The van der Waals surface area contributed by atoms with Crippen LogP contribution in [0.15, 0.2) is 29.0 Å². The molecule has 2 fully saturated rings. The average Bonchev–Trinajstić information content (AvgIpc) is 3.31. The maximum Gasteiger partial charge on any atom is 0.280 e. The van der Waals surface area contributed by atoms with Gasteiger partial charge in [-0.05, 0) is 32.0 Å². The predicted octanol–water partition coefficient (Wildman–Crippen LogP) is 3.22. The van der Waals surface area contributed by atoms with Gasteiger partial charge in [-0.15, -0.1) is 0 Å². The van der Waals surface area contributed by atoms with E-state index in [0.29, 0.717) is 28.2 Å². The minimum Gasteiger partial charge on any atom is -0.353 e. The first-order valence-corrected chi connectivity index (χ1v) is 10.3. The number of likely N-dealkylation sites (N-methyl/N-ethyl adjacent to an activating group) is 1. The van der Waals surface area contributed by atoms with Crippen LogP contribution in [0.3, 0.4) is 0 Å². The number of rotatable bonds is 3. The monoisotopic (exact) mass is 409 g/mol. The lowest BCUT2D eigenvalue weighted by Gasteiger charge is -2.34. The fourth-order valence-electron chi connectivity index (χ4n) is 3.96. The Bertz CT molecular complexity index is 1220. The van der Waals surface area contributed by atoms with Crippen molar-refractivity contribution in [1.29, 1.82) is 0 Å². The van der Waals surface area contributed by atoms with Gasteiger partial charge in [-0.1, -0.05) is 22.8 Å². The summed E-state index contributed by atoms with van der Waals surface area (Å²) in [4.78, 5) is 18.8. The van der Waals surface area contributed by atoms with Crippen molar-refractivity contribution in [2.75, 3.05) is 38.1 Å². The highest BCUT2D eigenvalue weighted by Crippen LogP contribution is 2.39. The SMILES string of the molecule is CN1CCN(c2nc3c(-c4nc(C5CC5)no4)ncn3c3c(Cl)cccc23)CC1. The van der Waals surface area contributed by atoms with E-state index in [1.165, 1.54) is 0 Å². The summed E-state index contributed by atoms with van der Waals surface area (Å²) in [5.41, 5.74) is 2.18. The van der Waals surface area contributed by atoms with Crippen LogP contribution in [0.5, 0.6) is 0 Å². The number of fused-ring (bicyclic) bond motifs is 3. The second-order valence-electron chi connectivity index (χ2n) is 7.88. The van der Waals surface area contributed by atoms with Gasteiger partial charge in [0.2, 0.25) is 0 Å². The summed E-state index contributed by atoms with van der Waals surface area (Å²) < 4.78 is 7.45. The molecule has 8 nitrogen and oxygen atoms in total. The third-order valence-electron chi connectivity index (χ3n) is 5.81. The van der Waals surface area contributed by atoms with Crippen molar-refractivity contribution in [3.63, 3.8) is 0 Å². The Balaban J connectivity index is 1.56. The Kier molecular flexibility index (Phi) is 3.79. The number of aromatic nitrogens is 5. The first kappa shape index (κ1) is 17.2. The molecule has 1 aromatic carbocycles. The first-order valence-electron chi connectivity index (χ1n) is 9.92. The molecule has 1 saturated heterocycles. The molecule has 0 radical (unpaired) electrons. The van der Waals surface area contributed by atoms with Crippen LogP contribution in [-0.4, -0.2) is 62.6 Å². The van der Waals surface area contributed by atoms with Crippen LogP contribution in [-0.2, 0) is 0 Å². The molecule has 4 heterocycles. The van der Waals surface area contributed by atoms with Crippen molar-refractivity contribution in [2.45, 2.75) is 18.8 Å². The topological polar surface area (TPSA) is 75.6 Å². The van der Waals surface area contributed by atoms with Gasteiger partial charge in [-0.3, -0.25) is 4.40 Å². The smallest absolute Gasteiger partial charge is 0.280 e. The number of anilines is 1. The largest absolute Gasteiger partial charge is 0.353 e. The molecule has 148 valence electrons. The summed E-state index contributed by atoms with van der Waals surface area (Å²) >= 11 is 6.62. The third kappa shape index (κ3) is 2.78. The van der Waals surface area contributed by atoms with Crippen molar-refractivity contribution >= 4 is 34.0 Å². The van der Waals surface area contributed by atoms with Crippen LogP contribution in [0.4, 0.5) is 5.82 Å². The van der Waals surface area contributed by atoms with Crippen molar-refractivity contribution in [3.05, 3.63) is 35.4 Å². The number of para-hydroxylation sites is 1. The summed E-state index contributed by atoms with van der Waals surface area (Å²) in [5.74, 6) is 2.52. The summed E-state index contributed by atoms with van der Waals surface area (Å²) in [5, 5.41) is 5.82. The Morgan fingerprint density at radius 2 is 1.93 bits per heavy atom. The minimum absolute atomic E-state index is 0.414. The van der Waals surface area contributed by atoms with Crippen LogP contribution >= 0.6 is 11.6 Å². The molecule has 9 heteroatoms. The quantitative estimate of drug-likeness (QED) is 0.514. The van der Waals surface area contributed by atoms with Gasteiger partial charge in [0, 0.05) is 37.5 Å². The molecule has 1 saturated carbocycles. The van der Waals surface area contributed by atoms with Gasteiger partial charge < -0.3 is 14.3 Å². The van der Waals surface area contributed by atoms with Crippen LogP contribution in [0.1, 0.15) is 24.6 Å². The second kappa shape index (κ2) is 6.40. The highest BCUT2D eigenvalue weighted by atomic mass is 35.5. The zero-order chi connectivity index (χ0) is 19.5. The van der Waals surface area contributed by atoms with Crippen molar-refractivity contribution in [2.24, 2.45) is 0 Å². The molecule has 0 amide bonds. The molecule has 1 aliphatic carbocycles. The van der Waals surface area contributed by atoms with Gasteiger partial charge in [0.25, 0.3) is 5.89 Å². The number of halogens is 1. The van der Waals surface area contributed by atoms with Gasteiger partial charge in [-0.25, -0.2) is 9.97 Å². The van der Waals surface area contributed by atoms with Gasteiger partial charge >= 0.3 is 0 Å². The van der Waals surface area contributed by atoms with Gasteiger partial charge in [0.05, 0.1) is 10.5 Å². The molecule has 1 aliphatic heterocycles. The van der Waals surface area contributed by atoms with Gasteiger partial charge in [-0.2, -0.15) is 4.98 Å². The van der Waals surface area contributed by atoms with Crippen LogP contribution in [0, 0.1) is 0 Å². The van der Waals surface area contributed by atoms with Gasteiger partial charge in [0.15, 0.2) is 17.2 Å². The molecule has 0 unspecified atom stereocenters. The van der Waals surface area contributed by atoms with E-state index in [1.54, 1.807) is 6.33 Å². The van der Waals surface area contributed by atoms with E-state index in [1.807, 2.05) is 16.5 Å². The molecule has 0 bridgehead atoms. The van der Waals surface area contributed by atoms with E-state index in [-0.39, 0.29) is 0 Å². The Hall–Kier alpha value is -2.71. The lowest BCUT2D eigenvalue weighted by molar-refractivity contribution is 0.312. The zero-order valence-electron chi connectivity index (χ0n) is 16.0. The predicted molar refractivity (Wildman–Crippen MR) is 110 cm³/mol. The number of piperazine rings is 1. The van der Waals surface area contributed by atoms with Gasteiger partial charge in [0.1, 0.15) is 12.1 Å². The molecule has 0 spiro atoms. The van der Waals surface area contributed by atoms with Crippen molar-refractivity contribution in [1.82, 2.24) is 29.4 Å². The molecule has 0 atom stereocenters. The molecular weight excluding hydrogens is 390 g/mol. The number of benzene rings is 1. The second-order valence-corrected chi connectivity index (χ2v) is 8.29. The average molecular weight is 410 g/mol. The van der Waals surface area contributed by atoms with Crippen LogP contribution < -0.4 is 4.90 Å². The zero-order valence-corrected chi connectivity index (χ0v) is 16.8. The molecule has 29 heavy (non-hydrogen) atoms. The van der Waals surface area contributed by atoms with E-state index in [0.717, 1.165) is 61.6 Å². The standard InChI is InChI=1S/C20H20ClN7O/c1-26-7-9-27(10-8-26)18-13-3-2-4-14(21)16(13)28-11-22-15(19(28)24-18)20-23-17(25-29-20)12-5-6-12/h2-4,11-12H,5-10H2,1H3. The number of imidazole rings is 1. The number of hydrogen-bond acceptors (Lipinski definition) is 7. The highest BCUT2D eigenvalue weighted by Gasteiger charge is 2.30. The van der Waals surface area contributed by atoms with Crippen molar-refractivity contribution in [3.8, 4) is 11.6 Å². The van der Waals surface area contributed by atoms with Crippen LogP contribution in [0.2, 0.25) is 5.02 Å². The van der Waals surface area contributed by atoms with Crippen LogP contribution in [0.25, 0.3) is 28.1 Å². The Morgan fingerprint density at radius 1 is 1.10 bits per heavy atom. The molecule has 6 rings (SSSR count). The molecule has 0 N–H and O–H groups in total. The minimum atomic E-state index is 0.414. The van der Waals surface area contributed by atoms with E-state index in [4.69, 9.17) is 21.1 Å². The lowest BCUT2D eigenvalue weighted by Crippen LogP contribution is -2.45. The molecular formula is C20H20ClN7O. The summed E-state index contributed by atoms with van der Waals surface area (Å²) in [6.45, 7) is 3.82. The molecule has 3 aromatic heterocycles. The van der Waals surface area contributed by atoms with E-state index >= 15 is 0 Å². The summed E-state index contributed by atoms with van der Waals surface area (Å²) in [7, 11) is 2.14. The van der Waals surface area contributed by atoms with Crippen molar-refractivity contribution < 1.29 is 4.52 Å². The number of nitrogens with zero attached hydrogens (tertiary/aromatic N) is 7. The maximum absolute atomic E-state index is 6.62. The van der Waals surface area contributed by atoms with E-state index in [2.05, 4.69) is 38.0 Å². The van der Waals surface area contributed by atoms with E-state index in [9.17, 15) is 0 Å².